The average molecular weight is 288 g/mol. The molecule has 1 aliphatic carbocycles. The molecule has 0 aliphatic heterocycles. The molecular formula is C15H14ClN3O. The molecule has 3 rings (SSSR count). The number of benzene rings is 1. The van der Waals surface area contributed by atoms with Crippen LogP contribution in [0.1, 0.15) is 40.5 Å². The Hall–Kier alpha value is -1.94. The van der Waals surface area contributed by atoms with Gasteiger partial charge < -0.3 is 5.32 Å². The summed E-state index contributed by atoms with van der Waals surface area (Å²) in [6, 6.07) is 11.0. The second-order valence-electron chi connectivity index (χ2n) is 4.89. The number of rotatable bonds is 4. The zero-order valence-corrected chi connectivity index (χ0v) is 11.6. The van der Waals surface area contributed by atoms with Crippen molar-refractivity contribution >= 4 is 17.5 Å². The number of carbonyl (C=O) groups is 1. The van der Waals surface area contributed by atoms with Crippen LogP contribution in [-0.2, 0) is 6.54 Å². The molecule has 0 unspecified atom stereocenters. The van der Waals surface area contributed by atoms with Crippen molar-refractivity contribution in [3.8, 4) is 0 Å². The lowest BCUT2D eigenvalue weighted by Gasteiger charge is -2.06. The van der Waals surface area contributed by atoms with Crippen molar-refractivity contribution in [3.05, 3.63) is 58.4 Å². The molecule has 1 heterocycles. The summed E-state index contributed by atoms with van der Waals surface area (Å²) in [7, 11) is 0. The van der Waals surface area contributed by atoms with Crippen molar-refractivity contribution in [2.45, 2.75) is 25.3 Å². The molecule has 2 aromatic rings. The molecule has 0 atom stereocenters. The molecule has 0 bridgehead atoms. The summed E-state index contributed by atoms with van der Waals surface area (Å²) in [4.78, 5) is 12.0. The van der Waals surface area contributed by atoms with E-state index in [-0.39, 0.29) is 5.91 Å². The van der Waals surface area contributed by atoms with Crippen LogP contribution in [0.5, 0.6) is 0 Å². The smallest absolute Gasteiger partial charge is 0.272 e. The molecule has 1 aromatic carbocycles. The Kier molecular flexibility index (Phi) is 3.65. The van der Waals surface area contributed by atoms with E-state index in [1.807, 2.05) is 24.3 Å². The summed E-state index contributed by atoms with van der Waals surface area (Å²) < 4.78 is 0. The second kappa shape index (κ2) is 5.59. The highest BCUT2D eigenvalue weighted by Crippen LogP contribution is 2.38. The lowest BCUT2D eigenvalue weighted by Crippen LogP contribution is -2.24. The molecule has 102 valence electrons. The van der Waals surface area contributed by atoms with E-state index in [1.54, 1.807) is 12.1 Å². The first-order valence-electron chi connectivity index (χ1n) is 6.59. The van der Waals surface area contributed by atoms with E-state index in [0.717, 1.165) is 11.3 Å². The van der Waals surface area contributed by atoms with Gasteiger partial charge in [-0.15, -0.1) is 5.10 Å². The summed E-state index contributed by atoms with van der Waals surface area (Å²) in [6.07, 6.45) is 2.35. The molecule has 1 aliphatic rings. The lowest BCUT2D eigenvalue weighted by molar-refractivity contribution is 0.0945. The van der Waals surface area contributed by atoms with Gasteiger partial charge >= 0.3 is 0 Å². The van der Waals surface area contributed by atoms with Crippen LogP contribution in [0, 0.1) is 0 Å². The first-order valence-corrected chi connectivity index (χ1v) is 6.97. The molecule has 1 N–H and O–H groups in total. The average Bonchev–Trinajstić information content (AvgIpc) is 3.31. The van der Waals surface area contributed by atoms with Gasteiger partial charge in [0, 0.05) is 17.5 Å². The van der Waals surface area contributed by atoms with Gasteiger partial charge in [0.2, 0.25) is 0 Å². The third-order valence-electron chi connectivity index (χ3n) is 3.31. The van der Waals surface area contributed by atoms with Gasteiger partial charge in [0.15, 0.2) is 5.69 Å². The summed E-state index contributed by atoms with van der Waals surface area (Å²) in [5, 5.41) is 11.5. The normalized spacial score (nSPS) is 14.1. The monoisotopic (exact) mass is 287 g/mol. The maximum absolute atomic E-state index is 12.0. The minimum Gasteiger partial charge on any atom is -0.347 e. The van der Waals surface area contributed by atoms with Gasteiger partial charge in [0.25, 0.3) is 5.91 Å². The number of carbonyl (C=O) groups excluding carboxylic acids is 1. The Labute approximate surface area is 122 Å². The Morgan fingerprint density at radius 2 is 2.00 bits per heavy atom. The lowest BCUT2D eigenvalue weighted by atomic mass is 10.2. The third-order valence-corrected chi connectivity index (χ3v) is 3.68. The topological polar surface area (TPSA) is 54.9 Å². The van der Waals surface area contributed by atoms with Crippen LogP contribution in [0.3, 0.4) is 0 Å². The van der Waals surface area contributed by atoms with Crippen LogP contribution in [0.2, 0.25) is 5.02 Å². The van der Waals surface area contributed by atoms with E-state index in [1.165, 1.54) is 12.8 Å². The fourth-order valence-corrected chi connectivity index (χ4v) is 2.17. The minimum absolute atomic E-state index is 0.236. The zero-order valence-electron chi connectivity index (χ0n) is 10.8. The molecular weight excluding hydrogens is 274 g/mol. The van der Waals surface area contributed by atoms with Gasteiger partial charge in [0.1, 0.15) is 0 Å². The van der Waals surface area contributed by atoms with Crippen LogP contribution in [0.4, 0.5) is 0 Å². The summed E-state index contributed by atoms with van der Waals surface area (Å²) in [5.41, 5.74) is 2.19. The number of hydrogen-bond donors (Lipinski definition) is 1. The van der Waals surface area contributed by atoms with Crippen molar-refractivity contribution in [3.63, 3.8) is 0 Å². The summed E-state index contributed by atoms with van der Waals surface area (Å²) >= 11 is 6.04. The van der Waals surface area contributed by atoms with Gasteiger partial charge in [-0.05, 0) is 36.6 Å². The molecule has 1 amide bonds. The number of halogens is 1. The zero-order chi connectivity index (χ0) is 13.9. The van der Waals surface area contributed by atoms with E-state index in [9.17, 15) is 4.79 Å². The Balaban J connectivity index is 1.62. The SMILES string of the molecule is O=C(NCc1ccccc1Cl)c1ccc(C2CC2)nn1. The fraction of sp³-hybridized carbons (Fsp3) is 0.267. The van der Waals surface area contributed by atoms with Crippen LogP contribution in [0.25, 0.3) is 0 Å². The van der Waals surface area contributed by atoms with Crippen LogP contribution in [0.15, 0.2) is 36.4 Å². The van der Waals surface area contributed by atoms with Crippen molar-refractivity contribution in [1.29, 1.82) is 0 Å². The molecule has 4 nitrogen and oxygen atoms in total. The van der Waals surface area contributed by atoms with Crippen molar-refractivity contribution in [2.75, 3.05) is 0 Å². The quantitative estimate of drug-likeness (QED) is 0.940. The predicted molar refractivity (Wildman–Crippen MR) is 76.6 cm³/mol. The highest BCUT2D eigenvalue weighted by molar-refractivity contribution is 6.31. The number of aromatic nitrogens is 2. The van der Waals surface area contributed by atoms with E-state index in [0.29, 0.717) is 23.2 Å². The second-order valence-corrected chi connectivity index (χ2v) is 5.30. The van der Waals surface area contributed by atoms with Crippen molar-refractivity contribution in [1.82, 2.24) is 15.5 Å². The standard InChI is InChI=1S/C15H14ClN3O/c16-12-4-2-1-3-11(12)9-17-15(20)14-8-7-13(18-19-14)10-5-6-10/h1-4,7-8,10H,5-6,9H2,(H,17,20). The summed E-state index contributed by atoms with van der Waals surface area (Å²) in [6.45, 7) is 0.380. The number of amides is 1. The molecule has 1 saturated carbocycles. The van der Waals surface area contributed by atoms with E-state index in [4.69, 9.17) is 11.6 Å². The highest BCUT2D eigenvalue weighted by atomic mass is 35.5. The molecule has 0 radical (unpaired) electrons. The number of hydrogen-bond acceptors (Lipinski definition) is 3. The first kappa shape index (κ1) is 13.1. The first-order chi connectivity index (χ1) is 9.74. The van der Waals surface area contributed by atoms with Crippen LogP contribution >= 0.6 is 11.6 Å². The molecule has 20 heavy (non-hydrogen) atoms. The fourth-order valence-electron chi connectivity index (χ4n) is 1.97. The largest absolute Gasteiger partial charge is 0.347 e. The molecule has 1 aromatic heterocycles. The summed E-state index contributed by atoms with van der Waals surface area (Å²) in [5.74, 6) is 0.308. The molecule has 0 saturated heterocycles. The Morgan fingerprint density at radius 3 is 2.65 bits per heavy atom. The molecule has 0 spiro atoms. The van der Waals surface area contributed by atoms with Crippen molar-refractivity contribution < 1.29 is 4.79 Å². The van der Waals surface area contributed by atoms with E-state index >= 15 is 0 Å². The van der Waals surface area contributed by atoms with E-state index in [2.05, 4.69) is 15.5 Å². The molecule has 1 fully saturated rings. The van der Waals surface area contributed by atoms with Crippen molar-refractivity contribution in [2.24, 2.45) is 0 Å². The van der Waals surface area contributed by atoms with Gasteiger partial charge in [-0.25, -0.2) is 0 Å². The Bertz CT molecular complexity index is 623. The number of nitrogens with zero attached hydrogens (tertiary/aromatic N) is 2. The maximum Gasteiger partial charge on any atom is 0.272 e. The van der Waals surface area contributed by atoms with Gasteiger partial charge in [0.05, 0.1) is 5.69 Å². The van der Waals surface area contributed by atoms with Gasteiger partial charge in [-0.3, -0.25) is 4.79 Å². The number of nitrogens with one attached hydrogen (secondary N) is 1. The van der Waals surface area contributed by atoms with Crippen LogP contribution in [-0.4, -0.2) is 16.1 Å². The third kappa shape index (κ3) is 2.96. The predicted octanol–water partition coefficient (Wildman–Crippen LogP) is 2.94. The Morgan fingerprint density at radius 1 is 1.20 bits per heavy atom. The van der Waals surface area contributed by atoms with E-state index < -0.39 is 0 Å². The van der Waals surface area contributed by atoms with Crippen LogP contribution < -0.4 is 5.32 Å². The minimum atomic E-state index is -0.236. The highest BCUT2D eigenvalue weighted by Gasteiger charge is 2.25. The maximum atomic E-state index is 12.0. The van der Waals surface area contributed by atoms with Gasteiger partial charge in [-0.2, -0.15) is 5.10 Å². The molecule has 5 heteroatoms. The van der Waals surface area contributed by atoms with Gasteiger partial charge in [-0.1, -0.05) is 29.8 Å².